The van der Waals surface area contributed by atoms with E-state index in [2.05, 4.69) is 20.7 Å². The molecule has 1 saturated heterocycles. The molecule has 4 atom stereocenters. The van der Waals surface area contributed by atoms with Gasteiger partial charge in [0.1, 0.15) is 0 Å². The van der Waals surface area contributed by atoms with Crippen molar-refractivity contribution < 1.29 is 23.0 Å². The maximum Gasteiger partial charge on any atom is -0.153 e. The van der Waals surface area contributed by atoms with Crippen molar-refractivity contribution in [3.05, 3.63) is 0 Å². The van der Waals surface area contributed by atoms with Gasteiger partial charge in [0, 0.05) is 0 Å². The molecule has 15 heavy (non-hydrogen) atoms. The summed E-state index contributed by atoms with van der Waals surface area (Å²) in [5, 5.41) is -1.37. The topological polar surface area (TPSA) is 35.5 Å². The monoisotopic (exact) mass is 500 g/mol. The summed E-state index contributed by atoms with van der Waals surface area (Å²) in [6.45, 7) is 1.71. The van der Waals surface area contributed by atoms with Gasteiger partial charge in [-0.1, -0.05) is 0 Å². The maximum absolute atomic E-state index is 13.4. The summed E-state index contributed by atoms with van der Waals surface area (Å²) < 4.78 is 35.7. The third kappa shape index (κ3) is 3.52. The average Bonchev–Trinajstić information content (AvgIpc) is 2.28. The predicted octanol–water partition coefficient (Wildman–Crippen LogP) is 1.88. The fraction of sp³-hybridized carbons (Fsp3) is 0.857. The second-order valence-corrected chi connectivity index (χ2v) is 5.13. The van der Waals surface area contributed by atoms with Gasteiger partial charge < -0.3 is 0 Å². The molecule has 8 heteroatoms. The van der Waals surface area contributed by atoms with Crippen LogP contribution < -0.4 is 0 Å². The van der Waals surface area contributed by atoms with Gasteiger partial charge in [0.2, 0.25) is 0 Å². The SMILES string of the molecule is CC[C@H]1O[C@@H](Br)C(F)(F)C1O[C](=O)[Bi].P. The molecule has 1 fully saturated rings. The number of ether oxygens (including phenoxy) is 2. The predicted molar refractivity (Wildman–Crippen MR) is 60.0 cm³/mol. The first kappa shape index (κ1) is 16.1. The minimum Gasteiger partial charge on any atom is -0.153 e. The molecule has 0 bridgehead atoms. The zero-order valence-electron chi connectivity index (χ0n) is 7.95. The van der Waals surface area contributed by atoms with Crippen molar-refractivity contribution in [3.8, 4) is 0 Å². The summed E-state index contributed by atoms with van der Waals surface area (Å²) in [5.74, 6) is -3.16. The Morgan fingerprint density at radius 3 is 2.60 bits per heavy atom. The molecule has 0 N–H and O–H groups in total. The van der Waals surface area contributed by atoms with Gasteiger partial charge in [0.05, 0.1) is 0 Å². The number of rotatable bonds is 2. The smallest absolute Gasteiger partial charge is 0.153 e. The van der Waals surface area contributed by atoms with Crippen molar-refractivity contribution in [2.45, 2.75) is 36.5 Å². The van der Waals surface area contributed by atoms with Gasteiger partial charge in [-0.25, -0.2) is 0 Å². The Morgan fingerprint density at radius 2 is 2.20 bits per heavy atom. The van der Waals surface area contributed by atoms with Crippen molar-refractivity contribution in [2.75, 3.05) is 0 Å². The van der Waals surface area contributed by atoms with Crippen LogP contribution in [0.15, 0.2) is 0 Å². The van der Waals surface area contributed by atoms with E-state index in [-0.39, 0.29) is 9.90 Å². The minimum atomic E-state index is -3.16. The van der Waals surface area contributed by atoms with Crippen molar-refractivity contribution in [3.63, 3.8) is 0 Å². The van der Waals surface area contributed by atoms with Gasteiger partial charge in [-0.3, -0.25) is 0 Å². The van der Waals surface area contributed by atoms with Crippen LogP contribution in [-0.4, -0.2) is 51.5 Å². The third-order valence-electron chi connectivity index (χ3n) is 1.94. The molecule has 0 spiro atoms. The molecule has 1 heterocycles. The number of carbonyl (C=O) groups is 1. The van der Waals surface area contributed by atoms with Crippen molar-refractivity contribution >= 4 is 54.2 Å². The molecule has 2 unspecified atom stereocenters. The summed E-state index contributed by atoms with van der Waals surface area (Å²) in [6, 6.07) is 0. The number of hydrogen-bond acceptors (Lipinski definition) is 3. The number of hydrogen-bond donors (Lipinski definition) is 0. The molecule has 0 aliphatic carbocycles. The Labute approximate surface area is 113 Å². The Morgan fingerprint density at radius 1 is 1.67 bits per heavy atom. The average molecular weight is 501 g/mol. The first-order valence-corrected chi connectivity index (χ1v) is 6.62. The van der Waals surface area contributed by atoms with E-state index >= 15 is 0 Å². The Hall–Kier alpha value is 1.08. The van der Waals surface area contributed by atoms with Gasteiger partial charge in [-0.15, -0.1) is 0 Å². The second-order valence-electron chi connectivity index (χ2n) is 2.88. The van der Waals surface area contributed by atoms with Gasteiger partial charge in [-0.2, -0.15) is 9.90 Å². The van der Waals surface area contributed by atoms with Gasteiger partial charge in [-0.05, 0) is 0 Å². The molecule has 1 aliphatic heterocycles. The molecule has 0 aromatic heterocycles. The van der Waals surface area contributed by atoms with E-state index in [0.29, 0.717) is 31.1 Å². The fourth-order valence-electron chi connectivity index (χ4n) is 1.27. The molecule has 0 amide bonds. The number of alkyl halides is 3. The summed E-state index contributed by atoms with van der Waals surface area (Å²) in [5.41, 5.74) is 0. The summed E-state index contributed by atoms with van der Waals surface area (Å²) >= 11 is 3.02. The molecule has 1 rings (SSSR count). The fourth-order valence-corrected chi connectivity index (χ4v) is 2.25. The van der Waals surface area contributed by atoms with Crippen LogP contribution >= 0.6 is 25.8 Å². The molecule has 0 aromatic rings. The first-order chi connectivity index (χ1) is 6.39. The quantitative estimate of drug-likeness (QED) is 0.330. The maximum atomic E-state index is 13.4. The number of carbonyl (C=O) groups excluding carboxylic acids is 1. The summed E-state index contributed by atoms with van der Waals surface area (Å²) in [7, 11) is 0. The molecular formula is C7H11BiBrF2O3P. The van der Waals surface area contributed by atoms with E-state index in [1.165, 1.54) is 0 Å². The number of halogens is 3. The first-order valence-electron chi connectivity index (χ1n) is 3.96. The van der Waals surface area contributed by atoms with Crippen molar-refractivity contribution in [2.24, 2.45) is 0 Å². The van der Waals surface area contributed by atoms with Gasteiger partial charge in [0.15, 0.2) is 0 Å². The van der Waals surface area contributed by atoms with Gasteiger partial charge in [0.25, 0.3) is 0 Å². The van der Waals surface area contributed by atoms with Crippen LogP contribution in [0.5, 0.6) is 0 Å². The van der Waals surface area contributed by atoms with Crippen LogP contribution in [-0.2, 0) is 9.47 Å². The van der Waals surface area contributed by atoms with Crippen molar-refractivity contribution in [1.82, 2.24) is 0 Å². The van der Waals surface area contributed by atoms with Crippen LogP contribution in [0.4, 0.5) is 13.6 Å². The Bertz CT molecular complexity index is 244. The molecule has 3 nitrogen and oxygen atoms in total. The normalized spacial score (nSPS) is 33.3. The standard InChI is InChI=1S/C7H8BrF2O3.Bi.H3P/c1-2-4-5(12-3-11)7(9,10)6(8)13-4;;/h4-6H,2H2,1H3;;1H3/t4-,5?,6-;;/m1../s1. The van der Waals surface area contributed by atoms with Crippen LogP contribution in [0, 0.1) is 0 Å². The summed E-state index contributed by atoms with van der Waals surface area (Å²) in [6.07, 6.45) is -1.81. The van der Waals surface area contributed by atoms with Crippen LogP contribution in [0.2, 0.25) is 0 Å². The zero-order valence-corrected chi connectivity index (χ0v) is 14.4. The molecule has 0 saturated carbocycles. The van der Waals surface area contributed by atoms with E-state index < -0.39 is 26.8 Å². The molecule has 1 aliphatic rings. The minimum absolute atomic E-state index is 0. The largest absolute Gasteiger partial charge is 0.153 e. The Balaban J connectivity index is 0.00000196. The Kier molecular flexibility index (Phi) is 6.58. The van der Waals surface area contributed by atoms with Crippen LogP contribution in [0.1, 0.15) is 13.3 Å². The molecular weight excluding hydrogens is 490 g/mol. The second kappa shape index (κ2) is 6.13. The van der Waals surface area contributed by atoms with Crippen LogP contribution in [0.3, 0.4) is 0 Å². The third-order valence-corrected chi connectivity index (χ3v) is 3.18. The van der Waals surface area contributed by atoms with Gasteiger partial charge >= 0.3 is 104 Å². The summed E-state index contributed by atoms with van der Waals surface area (Å²) in [4.78, 5) is 10.7. The molecule has 0 aromatic carbocycles. The van der Waals surface area contributed by atoms with E-state index in [4.69, 9.17) is 4.74 Å². The van der Waals surface area contributed by atoms with E-state index in [9.17, 15) is 13.6 Å². The van der Waals surface area contributed by atoms with E-state index in [0.717, 1.165) is 0 Å². The zero-order chi connectivity index (χ0) is 10.9. The molecule has 88 valence electrons. The van der Waals surface area contributed by atoms with E-state index in [1.54, 1.807) is 6.92 Å². The molecule has 2 radical (unpaired) electrons. The van der Waals surface area contributed by atoms with Crippen LogP contribution in [0.25, 0.3) is 0 Å². The van der Waals surface area contributed by atoms with Crippen molar-refractivity contribution in [1.29, 1.82) is 0 Å². The van der Waals surface area contributed by atoms with E-state index in [1.807, 2.05) is 0 Å².